The number of rotatable bonds is 2. The molecule has 0 amide bonds. The van der Waals surface area contributed by atoms with E-state index in [-0.39, 0.29) is 17.8 Å². The van der Waals surface area contributed by atoms with Crippen molar-refractivity contribution in [2.24, 2.45) is 5.73 Å². The van der Waals surface area contributed by atoms with E-state index in [4.69, 9.17) is 10.8 Å². The number of nitrogens with zero attached hydrogens (tertiary/aromatic N) is 1. The van der Waals surface area contributed by atoms with Crippen LogP contribution >= 0.6 is 0 Å². The molecule has 0 radical (unpaired) electrons. The number of nitrogens with two attached hydrogens (primary N) is 1. The van der Waals surface area contributed by atoms with Crippen LogP contribution in [-0.2, 0) is 6.54 Å². The van der Waals surface area contributed by atoms with Crippen LogP contribution in [0.1, 0.15) is 16.1 Å². The van der Waals surface area contributed by atoms with Gasteiger partial charge in [0.2, 0.25) is 0 Å². The summed E-state index contributed by atoms with van der Waals surface area (Å²) in [7, 11) is 0. The summed E-state index contributed by atoms with van der Waals surface area (Å²) in [5.41, 5.74) is 5.45. The van der Waals surface area contributed by atoms with Crippen molar-refractivity contribution in [2.45, 2.75) is 6.54 Å². The number of aromatic carboxylic acids is 1. The molecule has 1 rings (SSSR count). The zero-order valence-corrected chi connectivity index (χ0v) is 5.07. The predicted molar refractivity (Wildman–Crippen MR) is 31.4 cm³/mol. The lowest BCUT2D eigenvalue weighted by Crippen LogP contribution is -2.04. The SMILES string of the molecule is NCc1nocc1C(=O)O. The minimum atomic E-state index is -1.07. The first-order valence-electron chi connectivity index (χ1n) is 2.62. The van der Waals surface area contributed by atoms with Crippen LogP contribution in [0, 0.1) is 0 Å². The molecule has 0 atom stereocenters. The molecule has 0 bridgehead atoms. The van der Waals surface area contributed by atoms with E-state index in [0.717, 1.165) is 6.26 Å². The summed E-state index contributed by atoms with van der Waals surface area (Å²) in [5, 5.41) is 11.8. The van der Waals surface area contributed by atoms with Gasteiger partial charge in [-0.1, -0.05) is 5.16 Å². The number of carboxylic acids is 1. The molecule has 0 aliphatic rings. The van der Waals surface area contributed by atoms with E-state index in [2.05, 4.69) is 9.68 Å². The highest BCUT2D eigenvalue weighted by atomic mass is 16.5. The lowest BCUT2D eigenvalue weighted by molar-refractivity contribution is 0.0695. The summed E-state index contributed by atoms with van der Waals surface area (Å²) in [5.74, 6) is -1.07. The van der Waals surface area contributed by atoms with Crippen molar-refractivity contribution in [2.75, 3.05) is 0 Å². The van der Waals surface area contributed by atoms with Crippen LogP contribution in [0.4, 0.5) is 0 Å². The van der Waals surface area contributed by atoms with Crippen molar-refractivity contribution in [3.63, 3.8) is 0 Å². The van der Waals surface area contributed by atoms with E-state index in [1.54, 1.807) is 0 Å². The average Bonchev–Trinajstić information content (AvgIpc) is 2.33. The van der Waals surface area contributed by atoms with Crippen LogP contribution in [0.5, 0.6) is 0 Å². The summed E-state index contributed by atoms with van der Waals surface area (Å²) in [6.07, 6.45) is 1.06. The van der Waals surface area contributed by atoms with E-state index < -0.39 is 5.97 Å². The zero-order chi connectivity index (χ0) is 7.56. The quantitative estimate of drug-likeness (QED) is 0.598. The number of hydrogen-bond donors (Lipinski definition) is 2. The lowest BCUT2D eigenvalue weighted by Gasteiger charge is -1.87. The highest BCUT2D eigenvalue weighted by molar-refractivity contribution is 5.88. The maximum Gasteiger partial charge on any atom is 0.341 e. The Balaban J connectivity index is 3.01. The molecule has 0 saturated carbocycles. The van der Waals surface area contributed by atoms with Gasteiger partial charge in [-0.15, -0.1) is 0 Å². The van der Waals surface area contributed by atoms with Gasteiger partial charge in [0.15, 0.2) is 0 Å². The molecule has 5 heteroatoms. The van der Waals surface area contributed by atoms with Gasteiger partial charge in [-0.05, 0) is 0 Å². The minimum Gasteiger partial charge on any atom is -0.478 e. The van der Waals surface area contributed by atoms with Gasteiger partial charge in [0, 0.05) is 6.54 Å². The van der Waals surface area contributed by atoms with Crippen LogP contribution in [-0.4, -0.2) is 16.2 Å². The molecule has 0 aliphatic carbocycles. The number of carbonyl (C=O) groups is 1. The Bertz CT molecular complexity index is 243. The molecule has 0 unspecified atom stereocenters. The summed E-state index contributed by atoms with van der Waals surface area (Å²) in [6, 6.07) is 0. The standard InChI is InChI=1S/C5H6N2O3/c6-1-4-3(5(8)9)2-10-7-4/h2H,1,6H2,(H,8,9). The minimum absolute atomic E-state index is 0.0301. The molecular formula is C5H6N2O3. The Hall–Kier alpha value is -1.36. The molecule has 0 spiro atoms. The smallest absolute Gasteiger partial charge is 0.341 e. The molecule has 1 aromatic rings. The van der Waals surface area contributed by atoms with Crippen molar-refractivity contribution < 1.29 is 14.4 Å². The molecule has 0 aliphatic heterocycles. The highest BCUT2D eigenvalue weighted by Crippen LogP contribution is 2.04. The third kappa shape index (κ3) is 0.985. The van der Waals surface area contributed by atoms with Gasteiger partial charge >= 0.3 is 5.97 Å². The van der Waals surface area contributed by atoms with Crippen molar-refractivity contribution in [3.8, 4) is 0 Å². The fraction of sp³-hybridized carbons (Fsp3) is 0.200. The Morgan fingerprint density at radius 2 is 2.60 bits per heavy atom. The van der Waals surface area contributed by atoms with Gasteiger partial charge in [-0.2, -0.15) is 0 Å². The summed E-state index contributed by atoms with van der Waals surface area (Å²) in [6.45, 7) is 0.0815. The van der Waals surface area contributed by atoms with Gasteiger partial charge in [-0.25, -0.2) is 4.79 Å². The van der Waals surface area contributed by atoms with E-state index in [1.807, 2.05) is 0 Å². The molecule has 54 valence electrons. The molecule has 1 aromatic heterocycles. The fourth-order valence-electron chi connectivity index (χ4n) is 0.581. The maximum atomic E-state index is 10.3. The Morgan fingerprint density at radius 3 is 3.00 bits per heavy atom. The number of aromatic nitrogens is 1. The van der Waals surface area contributed by atoms with Crippen molar-refractivity contribution in [3.05, 3.63) is 17.5 Å². The fourth-order valence-corrected chi connectivity index (χ4v) is 0.581. The molecular weight excluding hydrogens is 136 g/mol. The van der Waals surface area contributed by atoms with Crippen LogP contribution in [0.15, 0.2) is 10.8 Å². The van der Waals surface area contributed by atoms with E-state index >= 15 is 0 Å². The van der Waals surface area contributed by atoms with E-state index in [1.165, 1.54) is 0 Å². The number of carboxylic acid groups (broad SMARTS) is 1. The Morgan fingerprint density at radius 1 is 1.90 bits per heavy atom. The Kier molecular flexibility index (Phi) is 1.68. The maximum absolute atomic E-state index is 10.3. The van der Waals surface area contributed by atoms with Crippen LogP contribution in [0.3, 0.4) is 0 Å². The second-order valence-corrected chi connectivity index (χ2v) is 1.68. The molecule has 10 heavy (non-hydrogen) atoms. The second kappa shape index (κ2) is 2.49. The third-order valence-electron chi connectivity index (χ3n) is 1.07. The van der Waals surface area contributed by atoms with E-state index in [0.29, 0.717) is 0 Å². The zero-order valence-electron chi connectivity index (χ0n) is 5.07. The molecule has 3 N–H and O–H groups in total. The summed E-state index contributed by atoms with van der Waals surface area (Å²) < 4.78 is 4.39. The first-order chi connectivity index (χ1) is 4.75. The van der Waals surface area contributed by atoms with Gasteiger partial charge in [0.05, 0.1) is 0 Å². The number of hydrogen-bond acceptors (Lipinski definition) is 4. The lowest BCUT2D eigenvalue weighted by atomic mass is 10.2. The largest absolute Gasteiger partial charge is 0.478 e. The summed E-state index contributed by atoms with van der Waals surface area (Å²) >= 11 is 0. The van der Waals surface area contributed by atoms with Crippen LogP contribution in [0.25, 0.3) is 0 Å². The molecule has 0 fully saturated rings. The first-order valence-corrected chi connectivity index (χ1v) is 2.62. The molecule has 5 nitrogen and oxygen atoms in total. The topological polar surface area (TPSA) is 89.4 Å². The first kappa shape index (κ1) is 6.76. The predicted octanol–water partition coefficient (Wildman–Crippen LogP) is -0.169. The van der Waals surface area contributed by atoms with Gasteiger partial charge in [0.25, 0.3) is 0 Å². The molecule has 1 heterocycles. The second-order valence-electron chi connectivity index (χ2n) is 1.68. The van der Waals surface area contributed by atoms with Crippen molar-refractivity contribution in [1.29, 1.82) is 0 Å². The Labute approximate surface area is 56.4 Å². The third-order valence-corrected chi connectivity index (χ3v) is 1.07. The highest BCUT2D eigenvalue weighted by Gasteiger charge is 2.11. The van der Waals surface area contributed by atoms with Gasteiger partial charge in [-0.3, -0.25) is 0 Å². The van der Waals surface area contributed by atoms with Crippen molar-refractivity contribution >= 4 is 5.97 Å². The summed E-state index contributed by atoms with van der Waals surface area (Å²) in [4.78, 5) is 10.3. The average molecular weight is 142 g/mol. The molecule has 0 saturated heterocycles. The molecule has 0 aromatic carbocycles. The normalized spacial score (nSPS) is 9.70. The van der Waals surface area contributed by atoms with Gasteiger partial charge in [0.1, 0.15) is 17.5 Å². The van der Waals surface area contributed by atoms with Gasteiger partial charge < -0.3 is 15.4 Å². The van der Waals surface area contributed by atoms with Crippen molar-refractivity contribution in [1.82, 2.24) is 5.16 Å². The van der Waals surface area contributed by atoms with Crippen LogP contribution < -0.4 is 5.73 Å². The monoisotopic (exact) mass is 142 g/mol. The van der Waals surface area contributed by atoms with E-state index in [9.17, 15) is 4.79 Å². The van der Waals surface area contributed by atoms with Crippen LogP contribution in [0.2, 0.25) is 0 Å².